The zero-order valence-corrected chi connectivity index (χ0v) is 13.4. The molecule has 0 atom stereocenters. The van der Waals surface area contributed by atoms with Gasteiger partial charge in [0.1, 0.15) is 0 Å². The van der Waals surface area contributed by atoms with E-state index >= 15 is 0 Å². The average Bonchev–Trinajstić information content (AvgIpc) is 2.85. The lowest BCUT2D eigenvalue weighted by molar-refractivity contribution is 0.906. The first-order chi connectivity index (χ1) is 8.38. The Morgan fingerprint density at radius 2 is 0.941 bits per heavy atom. The van der Waals surface area contributed by atoms with E-state index < -0.39 is 0 Å². The minimum Gasteiger partial charge on any atom is -0.0874 e. The molecule has 0 radical (unpaired) electrons. The van der Waals surface area contributed by atoms with Crippen molar-refractivity contribution in [3.63, 3.8) is 0 Å². The molecule has 0 bridgehead atoms. The normalized spacial score (nSPS) is 13.6. The van der Waals surface area contributed by atoms with E-state index in [0.29, 0.717) is 0 Å². The lowest BCUT2D eigenvalue weighted by atomic mass is 10.1. The molecule has 0 aliphatic heterocycles. The average molecular weight is 238 g/mol. The second kappa shape index (κ2) is 20.6. The molecule has 102 valence electrons. The fraction of sp³-hybridized carbons (Fsp3) is 0.647. The molecule has 0 aromatic carbocycles. The van der Waals surface area contributed by atoms with Gasteiger partial charge >= 0.3 is 0 Å². The van der Waals surface area contributed by atoms with Gasteiger partial charge in [-0.3, -0.25) is 0 Å². The molecule has 0 aromatic heterocycles. The van der Waals surface area contributed by atoms with Gasteiger partial charge in [0.05, 0.1) is 0 Å². The summed E-state index contributed by atoms with van der Waals surface area (Å²) in [4.78, 5) is 0. The van der Waals surface area contributed by atoms with Crippen LogP contribution in [0.15, 0.2) is 35.5 Å². The van der Waals surface area contributed by atoms with E-state index in [2.05, 4.69) is 38.2 Å². The van der Waals surface area contributed by atoms with Crippen molar-refractivity contribution in [3.8, 4) is 0 Å². The molecule has 0 saturated carbocycles. The maximum atomic E-state index is 2.24. The monoisotopic (exact) mass is 238 g/mol. The van der Waals surface area contributed by atoms with Gasteiger partial charge in [-0.15, -0.1) is 0 Å². The third-order valence-corrected chi connectivity index (χ3v) is 2.04. The van der Waals surface area contributed by atoms with Crippen molar-refractivity contribution >= 4 is 0 Å². The zero-order chi connectivity index (χ0) is 14.1. The highest BCUT2D eigenvalue weighted by Gasteiger charge is 2.08. The van der Waals surface area contributed by atoms with E-state index in [1.807, 2.05) is 41.5 Å². The molecule has 0 nitrogen and oxygen atoms in total. The van der Waals surface area contributed by atoms with Crippen molar-refractivity contribution in [3.05, 3.63) is 35.5 Å². The Labute approximate surface area is 111 Å². The fourth-order valence-corrected chi connectivity index (χ4v) is 1.57. The maximum Gasteiger partial charge on any atom is -0.0273 e. The van der Waals surface area contributed by atoms with Gasteiger partial charge in [0.2, 0.25) is 0 Å². The van der Waals surface area contributed by atoms with Crippen LogP contribution in [-0.2, 0) is 0 Å². The smallest absolute Gasteiger partial charge is 0.0273 e. The highest BCUT2D eigenvalue weighted by molar-refractivity contribution is 5.36. The SMILES string of the molecule is C/C=C\C1=C(/C=C\C)CCC1.CC.CC.CC. The van der Waals surface area contributed by atoms with E-state index in [9.17, 15) is 0 Å². The summed E-state index contributed by atoms with van der Waals surface area (Å²) in [6, 6.07) is 0. The quantitative estimate of drug-likeness (QED) is 0.502. The summed E-state index contributed by atoms with van der Waals surface area (Å²) in [5.74, 6) is 0. The van der Waals surface area contributed by atoms with Crippen LogP contribution < -0.4 is 0 Å². The van der Waals surface area contributed by atoms with Crippen molar-refractivity contribution in [2.45, 2.75) is 74.7 Å². The second-order valence-electron chi connectivity index (χ2n) is 2.90. The molecule has 1 aliphatic carbocycles. The van der Waals surface area contributed by atoms with Gasteiger partial charge in [-0.25, -0.2) is 0 Å². The minimum atomic E-state index is 1.27. The molecular formula is C17H34. The predicted molar refractivity (Wildman–Crippen MR) is 84.5 cm³/mol. The van der Waals surface area contributed by atoms with E-state index in [1.54, 1.807) is 0 Å². The van der Waals surface area contributed by atoms with Crippen LogP contribution in [0.2, 0.25) is 0 Å². The van der Waals surface area contributed by atoms with Crippen LogP contribution in [0.5, 0.6) is 0 Å². The zero-order valence-electron chi connectivity index (χ0n) is 13.4. The summed E-state index contributed by atoms with van der Waals surface area (Å²) in [7, 11) is 0. The number of hydrogen-bond acceptors (Lipinski definition) is 0. The van der Waals surface area contributed by atoms with Gasteiger partial charge in [-0.2, -0.15) is 0 Å². The van der Waals surface area contributed by atoms with E-state index in [1.165, 1.54) is 30.4 Å². The molecule has 0 aromatic rings. The molecule has 0 unspecified atom stereocenters. The Hall–Kier alpha value is -0.780. The van der Waals surface area contributed by atoms with E-state index in [0.717, 1.165) is 0 Å². The van der Waals surface area contributed by atoms with Crippen LogP contribution >= 0.6 is 0 Å². The van der Waals surface area contributed by atoms with Crippen LogP contribution in [0.25, 0.3) is 0 Å². The summed E-state index contributed by atoms with van der Waals surface area (Å²) in [6.45, 7) is 16.2. The highest BCUT2D eigenvalue weighted by atomic mass is 14.1. The maximum absolute atomic E-state index is 2.24. The number of hydrogen-bond donors (Lipinski definition) is 0. The van der Waals surface area contributed by atoms with Crippen molar-refractivity contribution in [1.29, 1.82) is 0 Å². The van der Waals surface area contributed by atoms with Gasteiger partial charge in [-0.05, 0) is 44.3 Å². The molecule has 0 N–H and O–H groups in total. The Balaban J connectivity index is -0.000000285. The lowest BCUT2D eigenvalue weighted by Crippen LogP contribution is -1.74. The largest absolute Gasteiger partial charge is 0.0874 e. The highest BCUT2D eigenvalue weighted by Crippen LogP contribution is 2.27. The van der Waals surface area contributed by atoms with Crippen molar-refractivity contribution < 1.29 is 0 Å². The van der Waals surface area contributed by atoms with Crippen molar-refractivity contribution in [1.82, 2.24) is 0 Å². The summed E-state index contributed by atoms with van der Waals surface area (Å²) in [5, 5.41) is 0. The summed E-state index contributed by atoms with van der Waals surface area (Å²) in [5.41, 5.74) is 3.07. The standard InChI is InChI=1S/C11H16.3C2H6/c1-3-6-10-8-5-9-11(10)7-4-2;3*1-2/h3-4,6-7H,5,8-9H2,1-2H3;3*1-2H3/b6-3-,7-4-;;;. The van der Waals surface area contributed by atoms with Gasteiger partial charge in [0, 0.05) is 0 Å². The third-order valence-electron chi connectivity index (χ3n) is 2.04. The van der Waals surface area contributed by atoms with Crippen molar-refractivity contribution in [2.24, 2.45) is 0 Å². The molecule has 17 heavy (non-hydrogen) atoms. The molecule has 1 rings (SSSR count). The third kappa shape index (κ3) is 11.5. The van der Waals surface area contributed by atoms with Crippen LogP contribution in [0.1, 0.15) is 74.7 Å². The molecule has 0 fully saturated rings. The van der Waals surface area contributed by atoms with Crippen molar-refractivity contribution in [2.75, 3.05) is 0 Å². The molecular weight excluding hydrogens is 204 g/mol. The van der Waals surface area contributed by atoms with Crippen LogP contribution in [0.4, 0.5) is 0 Å². The Bertz CT molecular complexity index is 182. The summed E-state index contributed by atoms with van der Waals surface area (Å²) >= 11 is 0. The van der Waals surface area contributed by atoms with Gasteiger partial charge in [-0.1, -0.05) is 65.8 Å². The topological polar surface area (TPSA) is 0 Å². The summed E-state index contributed by atoms with van der Waals surface area (Å²) < 4.78 is 0. The number of allylic oxidation sites excluding steroid dienone is 6. The van der Waals surface area contributed by atoms with Gasteiger partial charge in [0.25, 0.3) is 0 Å². The summed E-state index contributed by atoms with van der Waals surface area (Å²) in [6.07, 6.45) is 12.6. The first-order valence-corrected chi connectivity index (χ1v) is 7.36. The number of rotatable bonds is 2. The Morgan fingerprint density at radius 1 is 0.647 bits per heavy atom. The van der Waals surface area contributed by atoms with E-state index in [4.69, 9.17) is 0 Å². The molecule has 0 heterocycles. The van der Waals surface area contributed by atoms with Gasteiger partial charge in [0.15, 0.2) is 0 Å². The molecule has 0 spiro atoms. The second-order valence-corrected chi connectivity index (χ2v) is 2.90. The van der Waals surface area contributed by atoms with Crippen LogP contribution in [-0.4, -0.2) is 0 Å². The molecule has 0 heteroatoms. The first kappa shape index (κ1) is 21.5. The molecule has 1 aliphatic rings. The van der Waals surface area contributed by atoms with Crippen LogP contribution in [0.3, 0.4) is 0 Å². The Morgan fingerprint density at radius 3 is 1.18 bits per heavy atom. The first-order valence-electron chi connectivity index (χ1n) is 7.36. The van der Waals surface area contributed by atoms with Gasteiger partial charge < -0.3 is 0 Å². The molecule has 0 amide bonds. The fourth-order valence-electron chi connectivity index (χ4n) is 1.57. The van der Waals surface area contributed by atoms with Crippen LogP contribution in [0, 0.1) is 0 Å². The molecule has 0 saturated heterocycles. The van der Waals surface area contributed by atoms with E-state index in [-0.39, 0.29) is 0 Å². The Kier molecular flexibility index (Phi) is 26.1. The minimum absolute atomic E-state index is 1.27. The predicted octanol–water partition coefficient (Wildman–Crippen LogP) is 6.70. The lowest BCUT2D eigenvalue weighted by Gasteiger charge is -1.94.